The molecule has 2 fully saturated rings. The zero-order valence-corrected chi connectivity index (χ0v) is 13.0. The molecule has 0 bridgehead atoms. The molecule has 0 saturated carbocycles. The zero-order valence-electron chi connectivity index (χ0n) is 12.1. The van der Waals surface area contributed by atoms with Crippen molar-refractivity contribution in [1.82, 2.24) is 0 Å². The summed E-state index contributed by atoms with van der Waals surface area (Å²) < 4.78 is 39.7. The molecule has 2 aliphatic rings. The van der Waals surface area contributed by atoms with Crippen molar-refractivity contribution in [2.45, 2.75) is 52.2 Å². The molecule has 0 radical (unpaired) electrons. The van der Waals surface area contributed by atoms with Crippen LogP contribution in [-0.4, -0.2) is 44.1 Å². The van der Waals surface area contributed by atoms with E-state index in [1.165, 1.54) is 0 Å². The Morgan fingerprint density at radius 1 is 1.32 bits per heavy atom. The van der Waals surface area contributed by atoms with Gasteiger partial charge in [0.05, 0.1) is 6.61 Å². The van der Waals surface area contributed by atoms with E-state index in [4.69, 9.17) is 23.5 Å². The molecule has 0 aromatic carbocycles. The van der Waals surface area contributed by atoms with Crippen LogP contribution < -0.4 is 0 Å². The van der Waals surface area contributed by atoms with E-state index in [1.54, 1.807) is 13.6 Å². The molecule has 0 aromatic heterocycles. The molecular formula is C12H23O6P. The first kappa shape index (κ1) is 15.4. The van der Waals surface area contributed by atoms with E-state index in [0.717, 1.165) is 0 Å². The first-order valence-corrected chi connectivity index (χ1v) is 8.83. The van der Waals surface area contributed by atoms with Gasteiger partial charge in [0.1, 0.15) is 12.5 Å². The second kappa shape index (κ2) is 5.43. The number of ether oxygens (including phenoxy) is 4. The summed E-state index contributed by atoms with van der Waals surface area (Å²) >= 11 is 0. The topological polar surface area (TPSA) is 63.2 Å². The Hall–Kier alpha value is 0.0300. The van der Waals surface area contributed by atoms with Crippen LogP contribution in [0.5, 0.6) is 0 Å². The maximum absolute atomic E-state index is 12.0. The van der Waals surface area contributed by atoms with Crippen molar-refractivity contribution in [2.75, 3.05) is 19.6 Å². The predicted octanol–water partition coefficient (Wildman–Crippen LogP) is 2.37. The number of rotatable bonds is 5. The molecule has 2 aliphatic heterocycles. The molecule has 6 nitrogen and oxygen atoms in total. The minimum atomic E-state index is -2.71. The number of hydrogen-bond donors (Lipinski definition) is 0. The van der Waals surface area contributed by atoms with E-state index < -0.39 is 25.7 Å². The van der Waals surface area contributed by atoms with Crippen LogP contribution in [0.3, 0.4) is 0 Å². The predicted molar refractivity (Wildman–Crippen MR) is 69.0 cm³/mol. The Labute approximate surface area is 114 Å². The highest BCUT2D eigenvalue weighted by Gasteiger charge is 2.53. The van der Waals surface area contributed by atoms with Gasteiger partial charge in [-0.3, -0.25) is 4.57 Å². The summed E-state index contributed by atoms with van der Waals surface area (Å²) in [6, 6.07) is 0. The largest absolute Gasteiger partial charge is 0.342 e. The summed E-state index contributed by atoms with van der Waals surface area (Å²) in [4.78, 5) is 0. The van der Waals surface area contributed by atoms with E-state index in [2.05, 4.69) is 0 Å². The first-order chi connectivity index (χ1) is 8.74. The minimum absolute atomic E-state index is 0.0217. The monoisotopic (exact) mass is 294 g/mol. The van der Waals surface area contributed by atoms with E-state index in [-0.39, 0.29) is 18.4 Å². The van der Waals surface area contributed by atoms with Crippen LogP contribution in [0.1, 0.15) is 27.7 Å². The number of fused-ring (bicyclic) bond motifs is 1. The molecule has 0 spiro atoms. The molecule has 2 saturated heterocycles. The van der Waals surface area contributed by atoms with Gasteiger partial charge in [-0.25, -0.2) is 0 Å². The number of hydrogen-bond acceptors (Lipinski definition) is 6. The van der Waals surface area contributed by atoms with Crippen LogP contribution in [0.15, 0.2) is 0 Å². The van der Waals surface area contributed by atoms with Crippen LogP contribution in [0.25, 0.3) is 0 Å². The van der Waals surface area contributed by atoms with Crippen molar-refractivity contribution in [1.29, 1.82) is 0 Å². The fraction of sp³-hybridized carbons (Fsp3) is 1.00. The zero-order chi connectivity index (χ0) is 14.3. The van der Waals surface area contributed by atoms with Gasteiger partial charge < -0.3 is 23.5 Å². The lowest BCUT2D eigenvalue weighted by molar-refractivity contribution is -0.249. The van der Waals surface area contributed by atoms with Crippen molar-refractivity contribution in [3.8, 4) is 0 Å². The Morgan fingerprint density at radius 3 is 2.58 bits per heavy atom. The molecule has 2 unspecified atom stereocenters. The van der Waals surface area contributed by atoms with Crippen molar-refractivity contribution in [3.63, 3.8) is 0 Å². The highest BCUT2D eigenvalue weighted by molar-refractivity contribution is 7.57. The van der Waals surface area contributed by atoms with Gasteiger partial charge in [0, 0.05) is 12.6 Å². The van der Waals surface area contributed by atoms with Crippen molar-refractivity contribution >= 4 is 7.37 Å². The van der Waals surface area contributed by atoms with Gasteiger partial charge in [-0.1, -0.05) is 6.92 Å². The van der Waals surface area contributed by atoms with Gasteiger partial charge in [-0.15, -0.1) is 0 Å². The molecule has 0 N–H and O–H groups in total. The van der Waals surface area contributed by atoms with Crippen LogP contribution in [-0.2, 0) is 28.0 Å². The van der Waals surface area contributed by atoms with Gasteiger partial charge in [0.25, 0.3) is 0 Å². The molecule has 0 aromatic rings. The fourth-order valence-corrected chi connectivity index (χ4v) is 3.38. The van der Waals surface area contributed by atoms with Crippen molar-refractivity contribution in [2.24, 2.45) is 5.92 Å². The molecular weight excluding hydrogens is 271 g/mol. The Balaban J connectivity index is 1.87. The third-order valence-corrected chi connectivity index (χ3v) is 4.60. The summed E-state index contributed by atoms with van der Waals surface area (Å²) in [6.45, 7) is 9.45. The van der Waals surface area contributed by atoms with E-state index >= 15 is 0 Å². The lowest BCUT2D eigenvalue weighted by Crippen LogP contribution is -2.30. The third kappa shape index (κ3) is 3.57. The highest BCUT2D eigenvalue weighted by atomic mass is 31.2. The second-order valence-corrected chi connectivity index (χ2v) is 8.10. The molecule has 112 valence electrons. The molecule has 7 heteroatoms. The molecule has 2 heterocycles. The Morgan fingerprint density at radius 2 is 2.00 bits per heavy atom. The SMILES string of the molecule is CCOP(C)(=O)CO[C@H]1O[C@H]2OC(C)(C)OC2[C@H]1C. The van der Waals surface area contributed by atoms with Crippen LogP contribution in [0.2, 0.25) is 0 Å². The summed E-state index contributed by atoms with van der Waals surface area (Å²) in [5.74, 6) is -0.603. The molecule has 0 aliphatic carbocycles. The van der Waals surface area contributed by atoms with Crippen molar-refractivity contribution in [3.05, 3.63) is 0 Å². The van der Waals surface area contributed by atoms with Gasteiger partial charge in [-0.05, 0) is 20.8 Å². The summed E-state index contributed by atoms with van der Waals surface area (Å²) in [5, 5.41) is 0. The highest BCUT2D eigenvalue weighted by Crippen LogP contribution is 2.45. The lowest BCUT2D eigenvalue weighted by atomic mass is 10.1. The molecule has 5 atom stereocenters. The smallest absolute Gasteiger partial charge is 0.225 e. The Kier molecular flexibility index (Phi) is 4.41. The van der Waals surface area contributed by atoms with Crippen LogP contribution in [0.4, 0.5) is 0 Å². The van der Waals surface area contributed by atoms with Gasteiger partial charge in [-0.2, -0.15) is 0 Å². The van der Waals surface area contributed by atoms with E-state index in [1.807, 2.05) is 20.8 Å². The standard InChI is InChI=1S/C12H23O6P/c1-6-15-19(5,13)7-14-10-8(2)9-11(16-10)18-12(3,4)17-9/h8-11H,6-7H2,1-5H3/t8-,9?,10+,11+,19?/m1/s1. The lowest BCUT2D eigenvalue weighted by Gasteiger charge is -2.24. The maximum Gasteiger partial charge on any atom is 0.225 e. The first-order valence-electron chi connectivity index (χ1n) is 6.58. The van der Waals surface area contributed by atoms with Gasteiger partial charge in [0.2, 0.25) is 7.37 Å². The second-order valence-electron chi connectivity index (χ2n) is 5.56. The van der Waals surface area contributed by atoms with E-state index in [0.29, 0.717) is 6.61 Å². The molecule has 19 heavy (non-hydrogen) atoms. The summed E-state index contributed by atoms with van der Waals surface area (Å²) in [6.07, 6.45) is -1.000. The molecule has 0 amide bonds. The molecule has 2 rings (SSSR count). The summed E-state index contributed by atoms with van der Waals surface area (Å²) in [5.41, 5.74) is 0. The minimum Gasteiger partial charge on any atom is -0.342 e. The van der Waals surface area contributed by atoms with Crippen LogP contribution >= 0.6 is 7.37 Å². The van der Waals surface area contributed by atoms with Crippen molar-refractivity contribution < 1.29 is 28.0 Å². The summed E-state index contributed by atoms with van der Waals surface area (Å²) in [7, 11) is -2.71. The average molecular weight is 294 g/mol. The van der Waals surface area contributed by atoms with Gasteiger partial charge >= 0.3 is 0 Å². The normalized spacial score (nSPS) is 40.1. The fourth-order valence-electron chi connectivity index (χ4n) is 2.34. The van der Waals surface area contributed by atoms with Gasteiger partial charge in [0.15, 0.2) is 18.4 Å². The van der Waals surface area contributed by atoms with E-state index in [9.17, 15) is 4.57 Å². The van der Waals surface area contributed by atoms with Crippen LogP contribution in [0, 0.1) is 5.92 Å². The average Bonchev–Trinajstić information content (AvgIpc) is 2.71. The Bertz CT molecular complexity index is 371. The third-order valence-electron chi connectivity index (χ3n) is 3.18. The quantitative estimate of drug-likeness (QED) is 0.725. The maximum atomic E-state index is 12.0.